The number of thiophene rings is 1. The number of rotatable bonds is 2. The zero-order valence-corrected chi connectivity index (χ0v) is 10.3. The number of para-hydroxylation sites is 1. The highest BCUT2D eigenvalue weighted by Gasteiger charge is 2.32. The highest BCUT2D eigenvalue weighted by atomic mass is 32.1. The van der Waals surface area contributed by atoms with Gasteiger partial charge in [-0.25, -0.2) is 0 Å². The second-order valence-electron chi connectivity index (χ2n) is 4.13. The fourth-order valence-electron chi connectivity index (χ4n) is 2.44. The third-order valence-electron chi connectivity index (χ3n) is 3.23. The van der Waals surface area contributed by atoms with E-state index in [0.29, 0.717) is 6.42 Å². The molecule has 0 saturated carbocycles. The van der Waals surface area contributed by atoms with Crippen LogP contribution >= 0.6 is 11.3 Å². The number of ketones is 1. The molecular formula is C14H12O2S. The molecule has 3 heteroatoms. The summed E-state index contributed by atoms with van der Waals surface area (Å²) >= 11 is 1.54. The molecule has 0 fully saturated rings. The molecule has 0 amide bonds. The van der Waals surface area contributed by atoms with E-state index in [9.17, 15) is 4.79 Å². The van der Waals surface area contributed by atoms with Crippen molar-refractivity contribution in [3.63, 3.8) is 0 Å². The zero-order chi connectivity index (χ0) is 11.8. The summed E-state index contributed by atoms with van der Waals surface area (Å²) in [5.41, 5.74) is 2.27. The monoisotopic (exact) mass is 244 g/mol. The maximum Gasteiger partial charge on any atom is 0.174 e. The Morgan fingerprint density at radius 1 is 1.24 bits per heavy atom. The molecule has 1 aromatic heterocycles. The number of fused-ring (bicyclic) bond motifs is 1. The van der Waals surface area contributed by atoms with Gasteiger partial charge < -0.3 is 4.74 Å². The van der Waals surface area contributed by atoms with E-state index in [1.807, 2.05) is 29.6 Å². The molecule has 17 heavy (non-hydrogen) atoms. The number of hydrogen-bond acceptors (Lipinski definition) is 3. The molecule has 1 unspecified atom stereocenters. The molecule has 1 heterocycles. The van der Waals surface area contributed by atoms with Gasteiger partial charge in [0.05, 0.1) is 12.0 Å². The minimum Gasteiger partial charge on any atom is -0.496 e. The summed E-state index contributed by atoms with van der Waals surface area (Å²) in [5, 5.41) is 1.99. The lowest BCUT2D eigenvalue weighted by Crippen LogP contribution is -2.00. The number of Topliss-reactive ketones (excluding diaryl/α,β-unsaturated/α-hetero) is 1. The second-order valence-corrected chi connectivity index (χ2v) is 5.04. The molecule has 3 rings (SSSR count). The standard InChI is InChI=1S/C14H12O2S/c1-16-13-5-3-2-4-9(13)11-8-12(15)14-10(11)6-7-17-14/h2-7,11H,8H2,1H3. The number of methoxy groups -OCH3 is 1. The van der Waals surface area contributed by atoms with E-state index in [1.54, 1.807) is 18.4 Å². The van der Waals surface area contributed by atoms with E-state index < -0.39 is 0 Å². The van der Waals surface area contributed by atoms with Crippen molar-refractivity contribution >= 4 is 17.1 Å². The Morgan fingerprint density at radius 2 is 2.06 bits per heavy atom. The van der Waals surface area contributed by atoms with Gasteiger partial charge in [0, 0.05) is 17.9 Å². The van der Waals surface area contributed by atoms with Gasteiger partial charge in [-0.1, -0.05) is 18.2 Å². The molecule has 0 radical (unpaired) electrons. The van der Waals surface area contributed by atoms with E-state index in [0.717, 1.165) is 21.8 Å². The summed E-state index contributed by atoms with van der Waals surface area (Å²) in [6.45, 7) is 0. The maximum atomic E-state index is 11.9. The lowest BCUT2D eigenvalue weighted by atomic mass is 9.93. The van der Waals surface area contributed by atoms with Crippen molar-refractivity contribution in [3.05, 3.63) is 51.7 Å². The Kier molecular flexibility index (Phi) is 2.48. The van der Waals surface area contributed by atoms with Crippen LogP contribution in [0.15, 0.2) is 35.7 Å². The molecule has 1 aliphatic rings. The smallest absolute Gasteiger partial charge is 0.174 e. The highest BCUT2D eigenvalue weighted by molar-refractivity contribution is 7.12. The van der Waals surface area contributed by atoms with Gasteiger partial charge in [-0.15, -0.1) is 11.3 Å². The summed E-state index contributed by atoms with van der Waals surface area (Å²) in [6.07, 6.45) is 0.572. The fourth-order valence-corrected chi connectivity index (χ4v) is 3.35. The normalized spacial score (nSPS) is 18.2. The number of ether oxygens (including phenoxy) is 1. The summed E-state index contributed by atoms with van der Waals surface area (Å²) < 4.78 is 5.38. The minimum absolute atomic E-state index is 0.167. The van der Waals surface area contributed by atoms with E-state index in [1.165, 1.54) is 0 Å². The SMILES string of the molecule is COc1ccccc1C1CC(=O)c2sccc21. The van der Waals surface area contributed by atoms with Gasteiger partial charge in [0.2, 0.25) is 0 Å². The molecule has 0 N–H and O–H groups in total. The third kappa shape index (κ3) is 1.58. The molecule has 1 aromatic carbocycles. The van der Waals surface area contributed by atoms with Crippen molar-refractivity contribution in [2.45, 2.75) is 12.3 Å². The Hall–Kier alpha value is -1.61. The molecule has 2 nitrogen and oxygen atoms in total. The van der Waals surface area contributed by atoms with Crippen LogP contribution in [0.3, 0.4) is 0 Å². The van der Waals surface area contributed by atoms with E-state index in [-0.39, 0.29) is 11.7 Å². The Bertz CT molecular complexity index is 571. The van der Waals surface area contributed by atoms with Crippen LogP contribution in [0.2, 0.25) is 0 Å². The van der Waals surface area contributed by atoms with Gasteiger partial charge in [0.25, 0.3) is 0 Å². The quantitative estimate of drug-likeness (QED) is 0.808. The molecule has 0 bridgehead atoms. The maximum absolute atomic E-state index is 11.9. The van der Waals surface area contributed by atoms with Crippen LogP contribution < -0.4 is 4.74 Å². The van der Waals surface area contributed by atoms with Crippen LogP contribution in [-0.2, 0) is 0 Å². The molecule has 1 aliphatic carbocycles. The average Bonchev–Trinajstić information content (AvgIpc) is 2.94. The average molecular weight is 244 g/mol. The lowest BCUT2D eigenvalue weighted by Gasteiger charge is -2.14. The number of carbonyl (C=O) groups excluding carboxylic acids is 1. The second kappa shape index (κ2) is 4.00. The van der Waals surface area contributed by atoms with Crippen LogP contribution in [0.4, 0.5) is 0 Å². The first-order valence-electron chi connectivity index (χ1n) is 5.54. The molecule has 2 aromatic rings. The topological polar surface area (TPSA) is 26.3 Å². The fraction of sp³-hybridized carbons (Fsp3) is 0.214. The first-order chi connectivity index (χ1) is 8.31. The highest BCUT2D eigenvalue weighted by Crippen LogP contribution is 2.43. The van der Waals surface area contributed by atoms with Crippen LogP contribution in [0.25, 0.3) is 0 Å². The lowest BCUT2D eigenvalue weighted by molar-refractivity contribution is 0.0994. The largest absolute Gasteiger partial charge is 0.496 e. The molecule has 86 valence electrons. The minimum atomic E-state index is 0.167. The summed E-state index contributed by atoms with van der Waals surface area (Å²) in [6, 6.07) is 10.00. The summed E-state index contributed by atoms with van der Waals surface area (Å²) in [4.78, 5) is 12.8. The van der Waals surface area contributed by atoms with Gasteiger partial charge in [0.15, 0.2) is 5.78 Å². The van der Waals surface area contributed by atoms with E-state index >= 15 is 0 Å². The number of hydrogen-bond donors (Lipinski definition) is 0. The Morgan fingerprint density at radius 3 is 2.88 bits per heavy atom. The van der Waals surface area contributed by atoms with Gasteiger partial charge in [-0.05, 0) is 23.1 Å². The van der Waals surface area contributed by atoms with Crippen LogP contribution in [-0.4, -0.2) is 12.9 Å². The van der Waals surface area contributed by atoms with Crippen molar-refractivity contribution in [3.8, 4) is 5.75 Å². The number of carbonyl (C=O) groups is 1. The van der Waals surface area contributed by atoms with Crippen LogP contribution in [0.1, 0.15) is 33.1 Å². The van der Waals surface area contributed by atoms with Crippen molar-refractivity contribution in [2.75, 3.05) is 7.11 Å². The summed E-state index contributed by atoms with van der Waals surface area (Å²) in [5.74, 6) is 1.29. The van der Waals surface area contributed by atoms with Crippen LogP contribution in [0.5, 0.6) is 5.75 Å². The molecule has 0 spiro atoms. The van der Waals surface area contributed by atoms with Gasteiger partial charge >= 0.3 is 0 Å². The van der Waals surface area contributed by atoms with E-state index in [4.69, 9.17) is 4.74 Å². The predicted octanol–water partition coefficient (Wildman–Crippen LogP) is 3.48. The first kappa shape index (κ1) is 10.5. The predicted molar refractivity (Wildman–Crippen MR) is 68.1 cm³/mol. The molecule has 1 atom stereocenters. The molecule has 0 saturated heterocycles. The number of benzene rings is 1. The molecular weight excluding hydrogens is 232 g/mol. The van der Waals surface area contributed by atoms with Crippen molar-refractivity contribution in [2.24, 2.45) is 0 Å². The van der Waals surface area contributed by atoms with Crippen molar-refractivity contribution in [1.82, 2.24) is 0 Å². The van der Waals surface area contributed by atoms with Gasteiger partial charge in [-0.3, -0.25) is 4.79 Å². The zero-order valence-electron chi connectivity index (χ0n) is 9.47. The van der Waals surface area contributed by atoms with Crippen LogP contribution in [0, 0.1) is 0 Å². The first-order valence-corrected chi connectivity index (χ1v) is 6.42. The van der Waals surface area contributed by atoms with Crippen molar-refractivity contribution in [1.29, 1.82) is 0 Å². The summed E-state index contributed by atoms with van der Waals surface area (Å²) in [7, 11) is 1.67. The Balaban J connectivity index is 2.10. The van der Waals surface area contributed by atoms with Gasteiger partial charge in [0.1, 0.15) is 5.75 Å². The van der Waals surface area contributed by atoms with Crippen molar-refractivity contribution < 1.29 is 9.53 Å². The Labute approximate surface area is 104 Å². The molecule has 0 aliphatic heterocycles. The third-order valence-corrected chi connectivity index (χ3v) is 4.20. The van der Waals surface area contributed by atoms with Gasteiger partial charge in [-0.2, -0.15) is 0 Å². The van der Waals surface area contributed by atoms with E-state index in [2.05, 4.69) is 6.07 Å².